The van der Waals surface area contributed by atoms with Crippen molar-refractivity contribution in [1.29, 1.82) is 0 Å². The van der Waals surface area contributed by atoms with Crippen molar-refractivity contribution < 1.29 is 4.74 Å². The smallest absolute Gasteiger partial charge is 0.128 e. The monoisotopic (exact) mass is 230 g/mol. The van der Waals surface area contributed by atoms with Gasteiger partial charge in [-0.2, -0.15) is 0 Å². The third kappa shape index (κ3) is 2.94. The van der Waals surface area contributed by atoms with E-state index in [-0.39, 0.29) is 0 Å². The number of hydrogen-bond acceptors (Lipinski definition) is 3. The lowest BCUT2D eigenvalue weighted by Crippen LogP contribution is -2.21. The number of rotatable bonds is 5. The Morgan fingerprint density at radius 1 is 1.29 bits per heavy atom. The second-order valence-electron chi connectivity index (χ2n) is 4.30. The zero-order chi connectivity index (χ0) is 12.1. The number of fused-ring (bicyclic) bond motifs is 1. The number of hydrogen-bond donors (Lipinski definition) is 1. The molecule has 2 aromatic rings. The maximum absolute atomic E-state index is 5.85. The minimum Gasteiger partial charge on any atom is -0.493 e. The summed E-state index contributed by atoms with van der Waals surface area (Å²) >= 11 is 0. The number of nitrogens with zero attached hydrogens (tertiary/aromatic N) is 1. The van der Waals surface area contributed by atoms with E-state index in [9.17, 15) is 0 Å². The van der Waals surface area contributed by atoms with Gasteiger partial charge >= 0.3 is 0 Å². The highest BCUT2D eigenvalue weighted by Gasteiger charge is 2.05. The Balaban J connectivity index is 2.13. The average Bonchev–Trinajstić information content (AvgIpc) is 2.36. The molecule has 0 saturated heterocycles. The molecule has 0 radical (unpaired) electrons. The van der Waals surface area contributed by atoms with E-state index in [1.807, 2.05) is 37.4 Å². The fourth-order valence-corrected chi connectivity index (χ4v) is 1.84. The van der Waals surface area contributed by atoms with E-state index in [2.05, 4.69) is 17.2 Å². The molecule has 1 aromatic carbocycles. The minimum absolute atomic E-state index is 0.493. The van der Waals surface area contributed by atoms with Crippen LogP contribution in [0.2, 0.25) is 0 Å². The number of aromatic nitrogens is 1. The van der Waals surface area contributed by atoms with Crippen molar-refractivity contribution in [2.75, 3.05) is 20.2 Å². The molecule has 0 saturated carbocycles. The van der Waals surface area contributed by atoms with Gasteiger partial charge in [0, 0.05) is 24.0 Å². The van der Waals surface area contributed by atoms with Crippen LogP contribution in [0.4, 0.5) is 0 Å². The Hall–Kier alpha value is -1.61. The highest BCUT2D eigenvalue weighted by Crippen LogP contribution is 2.23. The van der Waals surface area contributed by atoms with Crippen LogP contribution < -0.4 is 10.1 Å². The molecule has 0 spiro atoms. The van der Waals surface area contributed by atoms with Crippen LogP contribution in [0.25, 0.3) is 10.9 Å². The van der Waals surface area contributed by atoms with Gasteiger partial charge in [-0.25, -0.2) is 0 Å². The van der Waals surface area contributed by atoms with Crippen molar-refractivity contribution in [3.8, 4) is 5.75 Å². The second-order valence-corrected chi connectivity index (χ2v) is 4.30. The summed E-state index contributed by atoms with van der Waals surface area (Å²) in [4.78, 5) is 4.31. The maximum Gasteiger partial charge on any atom is 0.128 e. The molecule has 1 aromatic heterocycles. The Labute approximate surface area is 102 Å². The van der Waals surface area contributed by atoms with Crippen molar-refractivity contribution in [2.24, 2.45) is 5.92 Å². The maximum atomic E-state index is 5.85. The van der Waals surface area contributed by atoms with Gasteiger partial charge in [0.1, 0.15) is 5.75 Å². The van der Waals surface area contributed by atoms with E-state index in [0.29, 0.717) is 5.92 Å². The van der Waals surface area contributed by atoms with Crippen molar-refractivity contribution in [3.63, 3.8) is 0 Å². The molecule has 0 amide bonds. The molecule has 3 nitrogen and oxygen atoms in total. The van der Waals surface area contributed by atoms with E-state index in [0.717, 1.165) is 29.8 Å². The molecule has 90 valence electrons. The number of benzene rings is 1. The molecule has 0 aliphatic heterocycles. The van der Waals surface area contributed by atoms with Crippen LogP contribution in [0.3, 0.4) is 0 Å². The predicted octanol–water partition coefficient (Wildman–Crippen LogP) is 2.47. The molecule has 0 fully saturated rings. The topological polar surface area (TPSA) is 34.1 Å². The fourth-order valence-electron chi connectivity index (χ4n) is 1.84. The first-order valence-electron chi connectivity index (χ1n) is 5.92. The van der Waals surface area contributed by atoms with Gasteiger partial charge in [0.05, 0.1) is 12.1 Å². The summed E-state index contributed by atoms with van der Waals surface area (Å²) in [5.41, 5.74) is 0.978. The van der Waals surface area contributed by atoms with E-state index in [4.69, 9.17) is 4.74 Å². The quantitative estimate of drug-likeness (QED) is 0.856. The zero-order valence-corrected chi connectivity index (χ0v) is 10.3. The molecular weight excluding hydrogens is 212 g/mol. The predicted molar refractivity (Wildman–Crippen MR) is 70.3 cm³/mol. The van der Waals surface area contributed by atoms with Crippen LogP contribution >= 0.6 is 0 Å². The van der Waals surface area contributed by atoms with Gasteiger partial charge in [0.2, 0.25) is 0 Å². The lowest BCUT2D eigenvalue weighted by atomic mass is 10.2. The first-order chi connectivity index (χ1) is 8.31. The lowest BCUT2D eigenvalue weighted by Gasteiger charge is -2.13. The Bertz CT molecular complexity index is 479. The number of nitrogens with one attached hydrogen (secondary N) is 1. The minimum atomic E-state index is 0.493. The van der Waals surface area contributed by atoms with Crippen LogP contribution in [0.1, 0.15) is 6.92 Å². The van der Waals surface area contributed by atoms with Crippen molar-refractivity contribution in [2.45, 2.75) is 6.92 Å². The Morgan fingerprint density at radius 3 is 3.00 bits per heavy atom. The Kier molecular flexibility index (Phi) is 3.94. The van der Waals surface area contributed by atoms with Gasteiger partial charge < -0.3 is 10.1 Å². The molecule has 17 heavy (non-hydrogen) atoms. The van der Waals surface area contributed by atoms with E-state index in [1.165, 1.54) is 0 Å². The third-order valence-corrected chi connectivity index (χ3v) is 2.68. The summed E-state index contributed by atoms with van der Waals surface area (Å²) in [5.74, 6) is 1.41. The average molecular weight is 230 g/mol. The molecule has 1 unspecified atom stereocenters. The van der Waals surface area contributed by atoms with E-state index in [1.54, 1.807) is 6.20 Å². The summed E-state index contributed by atoms with van der Waals surface area (Å²) in [6.07, 6.45) is 1.80. The van der Waals surface area contributed by atoms with E-state index < -0.39 is 0 Å². The molecule has 0 bridgehead atoms. The molecule has 1 heterocycles. The van der Waals surface area contributed by atoms with Crippen molar-refractivity contribution >= 4 is 10.9 Å². The van der Waals surface area contributed by atoms with Crippen LogP contribution in [-0.4, -0.2) is 25.2 Å². The summed E-state index contributed by atoms with van der Waals surface area (Å²) in [6.45, 7) is 3.84. The summed E-state index contributed by atoms with van der Waals surface area (Å²) in [7, 11) is 1.96. The molecule has 0 aliphatic rings. The van der Waals surface area contributed by atoms with Gasteiger partial charge in [0.25, 0.3) is 0 Å². The standard InChI is InChI=1S/C14H18N2O/c1-11(9-15-2)10-17-14-7-3-6-13-12(14)5-4-8-16-13/h3-8,11,15H,9-10H2,1-2H3. The highest BCUT2D eigenvalue weighted by molar-refractivity contribution is 5.84. The lowest BCUT2D eigenvalue weighted by molar-refractivity contribution is 0.261. The molecule has 1 atom stereocenters. The SMILES string of the molecule is CNCC(C)COc1cccc2ncccc12. The highest BCUT2D eigenvalue weighted by atomic mass is 16.5. The number of pyridine rings is 1. The normalized spacial score (nSPS) is 12.6. The van der Waals surface area contributed by atoms with Crippen molar-refractivity contribution in [1.82, 2.24) is 10.3 Å². The fraction of sp³-hybridized carbons (Fsp3) is 0.357. The van der Waals surface area contributed by atoms with Crippen LogP contribution in [0.5, 0.6) is 5.75 Å². The van der Waals surface area contributed by atoms with E-state index >= 15 is 0 Å². The largest absolute Gasteiger partial charge is 0.493 e. The van der Waals surface area contributed by atoms with Gasteiger partial charge in [-0.05, 0) is 31.3 Å². The Morgan fingerprint density at radius 2 is 2.18 bits per heavy atom. The molecule has 0 aliphatic carbocycles. The molecule has 3 heteroatoms. The molecule has 2 rings (SSSR count). The molecular formula is C14H18N2O. The van der Waals surface area contributed by atoms with Gasteiger partial charge in [-0.3, -0.25) is 4.98 Å². The summed E-state index contributed by atoms with van der Waals surface area (Å²) in [5, 5.41) is 4.22. The van der Waals surface area contributed by atoms with Gasteiger partial charge in [0.15, 0.2) is 0 Å². The van der Waals surface area contributed by atoms with Crippen molar-refractivity contribution in [3.05, 3.63) is 36.5 Å². The summed E-state index contributed by atoms with van der Waals surface area (Å²) < 4.78 is 5.85. The first-order valence-corrected chi connectivity index (χ1v) is 5.92. The third-order valence-electron chi connectivity index (χ3n) is 2.68. The van der Waals surface area contributed by atoms with Crippen LogP contribution in [0.15, 0.2) is 36.5 Å². The molecule has 1 N–H and O–H groups in total. The van der Waals surface area contributed by atoms with Gasteiger partial charge in [-0.1, -0.05) is 13.0 Å². The summed E-state index contributed by atoms with van der Waals surface area (Å²) in [6, 6.07) is 9.95. The second kappa shape index (κ2) is 5.64. The van der Waals surface area contributed by atoms with Crippen LogP contribution in [-0.2, 0) is 0 Å². The van der Waals surface area contributed by atoms with Gasteiger partial charge in [-0.15, -0.1) is 0 Å². The van der Waals surface area contributed by atoms with Crippen LogP contribution in [0, 0.1) is 5.92 Å². The first kappa shape index (κ1) is 11.9. The zero-order valence-electron chi connectivity index (χ0n) is 10.3. The number of ether oxygens (including phenoxy) is 1.